The van der Waals surface area contributed by atoms with Crippen LogP contribution >= 0.6 is 0 Å². The molecule has 0 aromatic heterocycles. The Morgan fingerprint density at radius 1 is 1.35 bits per heavy atom. The van der Waals surface area contributed by atoms with Crippen LogP contribution in [0, 0.1) is 5.92 Å². The highest BCUT2D eigenvalue weighted by Crippen LogP contribution is 2.30. The van der Waals surface area contributed by atoms with Gasteiger partial charge in [0.05, 0.1) is 0 Å². The molecule has 1 aromatic rings. The van der Waals surface area contributed by atoms with Gasteiger partial charge in [-0.25, -0.2) is 4.79 Å². The summed E-state index contributed by atoms with van der Waals surface area (Å²) in [7, 11) is 0. The van der Waals surface area contributed by atoms with E-state index in [4.69, 9.17) is 0 Å². The lowest BCUT2D eigenvalue weighted by Gasteiger charge is -2.23. The summed E-state index contributed by atoms with van der Waals surface area (Å²) >= 11 is 0. The minimum atomic E-state index is 0.00555. The van der Waals surface area contributed by atoms with Gasteiger partial charge in [0.1, 0.15) is 0 Å². The van der Waals surface area contributed by atoms with Gasteiger partial charge in [-0.15, -0.1) is 0 Å². The fourth-order valence-electron chi connectivity index (χ4n) is 3.32. The number of amides is 2. The second-order valence-corrected chi connectivity index (χ2v) is 5.91. The fourth-order valence-corrected chi connectivity index (χ4v) is 3.32. The van der Waals surface area contributed by atoms with Crippen LogP contribution in [0.4, 0.5) is 16.2 Å². The number of benzene rings is 1. The standard InChI is InChI=1S/C16H23N3O/c1-12(13-5-2-3-6-13)18-14-7-4-8-15(11-14)19-10-9-17-16(19)20/h4,7-8,11-13,18H,2-3,5-6,9-10H2,1H3,(H,17,20). The summed E-state index contributed by atoms with van der Waals surface area (Å²) in [5.41, 5.74) is 2.09. The lowest BCUT2D eigenvalue weighted by atomic mass is 9.99. The van der Waals surface area contributed by atoms with Crippen LogP contribution in [0.1, 0.15) is 32.6 Å². The predicted octanol–water partition coefficient (Wildman–Crippen LogP) is 3.21. The maximum Gasteiger partial charge on any atom is 0.321 e. The van der Waals surface area contributed by atoms with Crippen molar-refractivity contribution in [3.8, 4) is 0 Å². The van der Waals surface area contributed by atoms with E-state index in [9.17, 15) is 4.79 Å². The third-order valence-electron chi connectivity index (χ3n) is 4.52. The Morgan fingerprint density at radius 3 is 2.85 bits per heavy atom. The van der Waals surface area contributed by atoms with E-state index in [1.54, 1.807) is 4.90 Å². The van der Waals surface area contributed by atoms with Crippen molar-refractivity contribution in [2.75, 3.05) is 23.3 Å². The molecule has 3 rings (SSSR count). The zero-order chi connectivity index (χ0) is 13.9. The molecule has 2 amide bonds. The van der Waals surface area contributed by atoms with E-state index in [1.807, 2.05) is 12.1 Å². The van der Waals surface area contributed by atoms with E-state index >= 15 is 0 Å². The number of anilines is 2. The average Bonchev–Trinajstić information content (AvgIpc) is 3.10. The maximum absolute atomic E-state index is 11.7. The second-order valence-electron chi connectivity index (χ2n) is 5.91. The van der Waals surface area contributed by atoms with E-state index in [-0.39, 0.29) is 6.03 Å². The second kappa shape index (κ2) is 5.73. The summed E-state index contributed by atoms with van der Waals surface area (Å²) in [4.78, 5) is 13.5. The summed E-state index contributed by atoms with van der Waals surface area (Å²) in [5, 5.41) is 6.44. The molecule has 4 heteroatoms. The van der Waals surface area contributed by atoms with E-state index in [2.05, 4.69) is 29.7 Å². The number of rotatable bonds is 4. The van der Waals surface area contributed by atoms with Crippen molar-refractivity contribution >= 4 is 17.4 Å². The Balaban J connectivity index is 1.69. The van der Waals surface area contributed by atoms with Crippen molar-refractivity contribution in [3.63, 3.8) is 0 Å². The van der Waals surface area contributed by atoms with E-state index in [0.29, 0.717) is 6.04 Å². The number of carbonyl (C=O) groups is 1. The SMILES string of the molecule is CC(Nc1cccc(N2CCNC2=O)c1)C1CCCC1. The van der Waals surface area contributed by atoms with E-state index < -0.39 is 0 Å². The molecule has 1 aromatic carbocycles. The Morgan fingerprint density at radius 2 is 2.15 bits per heavy atom. The van der Waals surface area contributed by atoms with Crippen molar-refractivity contribution in [3.05, 3.63) is 24.3 Å². The Hall–Kier alpha value is -1.71. The molecule has 0 bridgehead atoms. The van der Waals surface area contributed by atoms with Crippen LogP contribution in [-0.2, 0) is 0 Å². The highest BCUT2D eigenvalue weighted by Gasteiger charge is 2.23. The van der Waals surface area contributed by atoms with Crippen LogP contribution in [0.2, 0.25) is 0 Å². The third-order valence-corrected chi connectivity index (χ3v) is 4.52. The normalized spacial score (nSPS) is 21.1. The van der Waals surface area contributed by atoms with Gasteiger partial charge in [-0.1, -0.05) is 18.9 Å². The van der Waals surface area contributed by atoms with Gasteiger partial charge in [0.2, 0.25) is 0 Å². The van der Waals surface area contributed by atoms with Crippen molar-refractivity contribution < 1.29 is 4.79 Å². The van der Waals surface area contributed by atoms with E-state index in [1.165, 1.54) is 25.7 Å². The molecule has 1 atom stereocenters. The molecule has 1 heterocycles. The van der Waals surface area contributed by atoms with Crippen LogP contribution < -0.4 is 15.5 Å². The molecule has 1 saturated heterocycles. The van der Waals surface area contributed by atoms with Gasteiger partial charge in [-0.2, -0.15) is 0 Å². The molecule has 0 spiro atoms. The molecule has 2 fully saturated rings. The first-order chi connectivity index (χ1) is 9.74. The first-order valence-corrected chi connectivity index (χ1v) is 7.66. The lowest BCUT2D eigenvalue weighted by molar-refractivity contribution is 0.252. The summed E-state index contributed by atoms with van der Waals surface area (Å²) in [5.74, 6) is 0.786. The molecule has 1 unspecified atom stereocenters. The number of hydrogen-bond acceptors (Lipinski definition) is 2. The van der Waals surface area contributed by atoms with Gasteiger partial charge in [0.25, 0.3) is 0 Å². The van der Waals surface area contributed by atoms with Crippen LogP contribution in [0.15, 0.2) is 24.3 Å². The Bertz CT molecular complexity index is 482. The number of hydrogen-bond donors (Lipinski definition) is 2. The fraction of sp³-hybridized carbons (Fsp3) is 0.562. The van der Waals surface area contributed by atoms with Gasteiger partial charge in [-0.05, 0) is 43.9 Å². The number of carbonyl (C=O) groups excluding carboxylic acids is 1. The van der Waals surface area contributed by atoms with Crippen LogP contribution in [0.5, 0.6) is 0 Å². The molecule has 20 heavy (non-hydrogen) atoms. The molecule has 108 valence electrons. The predicted molar refractivity (Wildman–Crippen MR) is 82.2 cm³/mol. The zero-order valence-electron chi connectivity index (χ0n) is 12.1. The topological polar surface area (TPSA) is 44.4 Å². The number of nitrogens with one attached hydrogen (secondary N) is 2. The van der Waals surface area contributed by atoms with Crippen LogP contribution in [-0.4, -0.2) is 25.2 Å². The molecule has 4 nitrogen and oxygen atoms in total. The van der Waals surface area contributed by atoms with Crippen molar-refractivity contribution in [1.29, 1.82) is 0 Å². The van der Waals surface area contributed by atoms with Crippen molar-refractivity contribution in [1.82, 2.24) is 5.32 Å². The maximum atomic E-state index is 11.7. The summed E-state index contributed by atoms with van der Waals surface area (Å²) < 4.78 is 0. The van der Waals surface area contributed by atoms with Gasteiger partial charge < -0.3 is 10.6 Å². The van der Waals surface area contributed by atoms with Crippen molar-refractivity contribution in [2.24, 2.45) is 5.92 Å². The summed E-state index contributed by atoms with van der Waals surface area (Å²) in [6.07, 6.45) is 5.40. The minimum Gasteiger partial charge on any atom is -0.382 e. The highest BCUT2D eigenvalue weighted by molar-refractivity contribution is 5.94. The molecule has 1 aliphatic heterocycles. The molecule has 2 aliphatic rings. The number of urea groups is 1. The zero-order valence-corrected chi connectivity index (χ0v) is 12.1. The Kier molecular flexibility index (Phi) is 3.81. The molecule has 2 N–H and O–H groups in total. The van der Waals surface area contributed by atoms with Gasteiger partial charge in [-0.3, -0.25) is 4.90 Å². The summed E-state index contributed by atoms with van der Waals surface area (Å²) in [6, 6.07) is 8.69. The highest BCUT2D eigenvalue weighted by atomic mass is 16.2. The van der Waals surface area contributed by atoms with E-state index in [0.717, 1.165) is 30.4 Å². The van der Waals surface area contributed by atoms with Gasteiger partial charge in [0.15, 0.2) is 0 Å². The smallest absolute Gasteiger partial charge is 0.321 e. The Labute approximate surface area is 120 Å². The van der Waals surface area contributed by atoms with Crippen LogP contribution in [0.25, 0.3) is 0 Å². The average molecular weight is 273 g/mol. The summed E-state index contributed by atoms with van der Waals surface area (Å²) in [6.45, 7) is 3.75. The van der Waals surface area contributed by atoms with Crippen LogP contribution in [0.3, 0.4) is 0 Å². The number of nitrogens with zero attached hydrogens (tertiary/aromatic N) is 1. The van der Waals surface area contributed by atoms with Gasteiger partial charge >= 0.3 is 6.03 Å². The first-order valence-electron chi connectivity index (χ1n) is 7.66. The molecular formula is C16H23N3O. The monoisotopic (exact) mass is 273 g/mol. The third kappa shape index (κ3) is 2.74. The van der Waals surface area contributed by atoms with Crippen molar-refractivity contribution in [2.45, 2.75) is 38.6 Å². The molecule has 0 radical (unpaired) electrons. The largest absolute Gasteiger partial charge is 0.382 e. The quantitative estimate of drug-likeness (QED) is 0.884. The molecular weight excluding hydrogens is 250 g/mol. The minimum absolute atomic E-state index is 0.00555. The molecule has 1 aliphatic carbocycles. The first kappa shape index (κ1) is 13.3. The molecule has 1 saturated carbocycles. The van der Waals surface area contributed by atoms with Gasteiger partial charge in [0, 0.05) is 30.5 Å². The lowest BCUT2D eigenvalue weighted by Crippen LogP contribution is -2.28.